The van der Waals surface area contributed by atoms with E-state index in [0.29, 0.717) is 11.6 Å². The lowest BCUT2D eigenvalue weighted by molar-refractivity contribution is -0.124. The number of nitrogens with zero attached hydrogens (tertiary/aromatic N) is 1. The molecular weight excluding hydrogens is 224 g/mol. The maximum absolute atomic E-state index is 11.8. The maximum atomic E-state index is 11.8. The Morgan fingerprint density at radius 2 is 2.29 bits per heavy atom. The fraction of sp³-hybridized carbons (Fsp3) is 0.455. The van der Waals surface area contributed by atoms with Crippen LogP contribution in [-0.4, -0.2) is 27.7 Å². The normalized spacial score (nSPS) is 22.6. The van der Waals surface area contributed by atoms with Crippen molar-refractivity contribution < 1.29 is 19.4 Å². The first-order valence-corrected chi connectivity index (χ1v) is 5.48. The number of hydrogen-bond donors (Lipinski definition) is 2. The summed E-state index contributed by atoms with van der Waals surface area (Å²) < 4.78 is 7.00. The average molecular weight is 236 g/mol. The third-order valence-corrected chi connectivity index (χ3v) is 3.22. The second-order valence-corrected chi connectivity index (χ2v) is 4.47. The van der Waals surface area contributed by atoms with Gasteiger partial charge >= 0.3 is 5.97 Å². The highest BCUT2D eigenvalue weighted by Gasteiger charge is 2.42. The summed E-state index contributed by atoms with van der Waals surface area (Å²) in [4.78, 5) is 22.7. The molecule has 90 valence electrons. The van der Waals surface area contributed by atoms with E-state index in [0.717, 1.165) is 12.8 Å². The highest BCUT2D eigenvalue weighted by molar-refractivity contribution is 5.99. The van der Waals surface area contributed by atoms with Crippen LogP contribution in [0.3, 0.4) is 0 Å². The molecule has 2 aliphatic rings. The van der Waals surface area contributed by atoms with Crippen LogP contribution in [0.5, 0.6) is 5.75 Å². The fourth-order valence-electron chi connectivity index (χ4n) is 2.10. The van der Waals surface area contributed by atoms with Gasteiger partial charge in [-0.2, -0.15) is 0 Å². The zero-order valence-electron chi connectivity index (χ0n) is 9.27. The molecule has 1 amide bonds. The molecule has 1 aromatic rings. The molecule has 1 atom stereocenters. The van der Waals surface area contributed by atoms with Crippen molar-refractivity contribution >= 4 is 17.7 Å². The molecular formula is C11H12N2O4. The number of amides is 1. The Morgan fingerprint density at radius 3 is 2.88 bits per heavy atom. The van der Waals surface area contributed by atoms with Gasteiger partial charge in [0.1, 0.15) is 5.69 Å². The predicted molar refractivity (Wildman–Crippen MR) is 58.1 cm³/mol. The molecule has 1 aliphatic carbocycles. The number of nitrogens with one attached hydrogen (secondary N) is 1. The molecule has 1 aliphatic heterocycles. The summed E-state index contributed by atoms with van der Waals surface area (Å²) in [6.45, 7) is 0. The van der Waals surface area contributed by atoms with Gasteiger partial charge in [-0.1, -0.05) is 0 Å². The minimum Gasteiger partial charge on any atom is -0.477 e. The SMILES string of the molecule is Cn1c(C(=O)O)cc2c1NC(=O)C(C1CC1)O2. The van der Waals surface area contributed by atoms with Gasteiger partial charge in [0.05, 0.1) is 0 Å². The van der Waals surface area contributed by atoms with Crippen LogP contribution in [0.25, 0.3) is 0 Å². The summed E-state index contributed by atoms with van der Waals surface area (Å²) in [7, 11) is 1.59. The molecule has 0 spiro atoms. The largest absolute Gasteiger partial charge is 0.477 e. The Balaban J connectivity index is 1.99. The van der Waals surface area contributed by atoms with E-state index >= 15 is 0 Å². The summed E-state index contributed by atoms with van der Waals surface area (Å²) in [5.41, 5.74) is 0.103. The number of anilines is 1. The summed E-state index contributed by atoms with van der Waals surface area (Å²) in [6, 6.07) is 1.45. The first-order valence-electron chi connectivity index (χ1n) is 5.48. The Labute approximate surface area is 97.2 Å². The van der Waals surface area contributed by atoms with Crippen LogP contribution in [0, 0.1) is 5.92 Å². The van der Waals surface area contributed by atoms with Gasteiger partial charge in [-0.05, 0) is 12.8 Å². The van der Waals surface area contributed by atoms with E-state index < -0.39 is 12.1 Å². The zero-order chi connectivity index (χ0) is 12.2. The van der Waals surface area contributed by atoms with Crippen LogP contribution < -0.4 is 10.1 Å². The van der Waals surface area contributed by atoms with Crippen LogP contribution in [-0.2, 0) is 11.8 Å². The van der Waals surface area contributed by atoms with Crippen LogP contribution in [0.2, 0.25) is 0 Å². The molecule has 0 aromatic carbocycles. The lowest BCUT2D eigenvalue weighted by atomic mass is 10.2. The molecule has 6 nitrogen and oxygen atoms in total. The van der Waals surface area contributed by atoms with Crippen LogP contribution in [0.15, 0.2) is 6.07 Å². The number of carboxylic acid groups (broad SMARTS) is 1. The van der Waals surface area contributed by atoms with Crippen molar-refractivity contribution in [1.82, 2.24) is 4.57 Å². The van der Waals surface area contributed by atoms with Gasteiger partial charge < -0.3 is 19.7 Å². The third kappa shape index (κ3) is 1.48. The number of carbonyl (C=O) groups excluding carboxylic acids is 1. The van der Waals surface area contributed by atoms with Gasteiger partial charge in [0.2, 0.25) is 0 Å². The van der Waals surface area contributed by atoms with E-state index in [4.69, 9.17) is 9.84 Å². The lowest BCUT2D eigenvalue weighted by Crippen LogP contribution is -2.38. The molecule has 2 heterocycles. The van der Waals surface area contributed by atoms with Gasteiger partial charge in [-0.25, -0.2) is 4.79 Å². The lowest BCUT2D eigenvalue weighted by Gasteiger charge is -2.24. The second-order valence-electron chi connectivity index (χ2n) is 4.47. The Hall–Kier alpha value is -1.98. The summed E-state index contributed by atoms with van der Waals surface area (Å²) in [6.07, 6.45) is 1.52. The zero-order valence-corrected chi connectivity index (χ0v) is 9.27. The Bertz CT molecular complexity index is 516. The Morgan fingerprint density at radius 1 is 1.59 bits per heavy atom. The van der Waals surface area contributed by atoms with Crippen LogP contribution >= 0.6 is 0 Å². The van der Waals surface area contributed by atoms with Gasteiger partial charge in [-0.3, -0.25) is 4.79 Å². The molecule has 1 saturated carbocycles. The first-order chi connectivity index (χ1) is 8.08. The van der Waals surface area contributed by atoms with Crippen molar-refractivity contribution in [2.24, 2.45) is 13.0 Å². The molecule has 6 heteroatoms. The van der Waals surface area contributed by atoms with Crippen molar-refractivity contribution in [3.63, 3.8) is 0 Å². The van der Waals surface area contributed by atoms with Gasteiger partial charge in [-0.15, -0.1) is 0 Å². The smallest absolute Gasteiger partial charge is 0.352 e. The molecule has 1 aromatic heterocycles. The summed E-state index contributed by atoms with van der Waals surface area (Å²) in [5.74, 6) is -0.0804. The highest BCUT2D eigenvalue weighted by atomic mass is 16.5. The van der Waals surface area contributed by atoms with E-state index in [1.807, 2.05) is 0 Å². The number of aromatic carboxylic acids is 1. The fourth-order valence-corrected chi connectivity index (χ4v) is 2.10. The quantitative estimate of drug-likeness (QED) is 0.797. The van der Waals surface area contributed by atoms with Crippen molar-refractivity contribution in [2.45, 2.75) is 18.9 Å². The van der Waals surface area contributed by atoms with E-state index in [2.05, 4.69) is 5.32 Å². The third-order valence-electron chi connectivity index (χ3n) is 3.22. The van der Waals surface area contributed by atoms with Crippen molar-refractivity contribution in [3.05, 3.63) is 11.8 Å². The number of rotatable bonds is 2. The van der Waals surface area contributed by atoms with E-state index in [1.165, 1.54) is 10.6 Å². The van der Waals surface area contributed by atoms with Gasteiger partial charge in [0, 0.05) is 19.0 Å². The number of carbonyl (C=O) groups is 2. The molecule has 3 rings (SSSR count). The topological polar surface area (TPSA) is 80.6 Å². The van der Waals surface area contributed by atoms with E-state index in [1.54, 1.807) is 7.05 Å². The monoisotopic (exact) mass is 236 g/mol. The number of ether oxygens (including phenoxy) is 1. The molecule has 2 N–H and O–H groups in total. The molecule has 0 bridgehead atoms. The second kappa shape index (κ2) is 3.26. The summed E-state index contributed by atoms with van der Waals surface area (Å²) >= 11 is 0. The highest BCUT2D eigenvalue weighted by Crippen LogP contribution is 2.40. The van der Waals surface area contributed by atoms with Gasteiger partial charge in [0.25, 0.3) is 5.91 Å². The molecule has 0 radical (unpaired) electrons. The van der Waals surface area contributed by atoms with Gasteiger partial charge in [0.15, 0.2) is 17.7 Å². The number of fused-ring (bicyclic) bond motifs is 1. The van der Waals surface area contributed by atoms with E-state index in [-0.39, 0.29) is 17.5 Å². The predicted octanol–water partition coefficient (Wildman–Crippen LogP) is 0.833. The molecule has 0 saturated heterocycles. The molecule has 17 heavy (non-hydrogen) atoms. The Kier molecular flexibility index (Phi) is 1.95. The minimum atomic E-state index is -1.04. The van der Waals surface area contributed by atoms with Crippen molar-refractivity contribution in [1.29, 1.82) is 0 Å². The number of hydrogen-bond acceptors (Lipinski definition) is 3. The van der Waals surface area contributed by atoms with Crippen molar-refractivity contribution in [2.75, 3.05) is 5.32 Å². The summed E-state index contributed by atoms with van der Waals surface area (Å²) in [5, 5.41) is 11.7. The maximum Gasteiger partial charge on any atom is 0.352 e. The van der Waals surface area contributed by atoms with Crippen molar-refractivity contribution in [3.8, 4) is 5.75 Å². The average Bonchev–Trinajstić information content (AvgIpc) is 3.05. The first kappa shape index (κ1) is 10.2. The molecule has 1 fully saturated rings. The minimum absolute atomic E-state index is 0.103. The van der Waals surface area contributed by atoms with Crippen LogP contribution in [0.4, 0.5) is 5.82 Å². The molecule has 1 unspecified atom stereocenters. The van der Waals surface area contributed by atoms with Crippen LogP contribution in [0.1, 0.15) is 23.3 Å². The standard InChI is InChI=1S/C11H12N2O4/c1-13-6(11(15)16)4-7-9(13)12-10(14)8(17-7)5-2-3-5/h4-5,8H,2-3H2,1H3,(H,12,14)(H,15,16). The number of aromatic nitrogens is 1. The van der Waals surface area contributed by atoms with E-state index in [9.17, 15) is 9.59 Å². The number of carboxylic acids is 1.